The van der Waals surface area contributed by atoms with Crippen LogP contribution in [0.5, 0.6) is 5.75 Å². The Labute approximate surface area is 141 Å². The maximum Gasteiger partial charge on any atom is 0.326 e. The standard InChI is InChI=1S/C18H25NO5/c1-2-3-4-5-6-15(21)12-17(22)19-16(18(23)24)11-13-7-9-14(20)10-8-13/h7-10,16,20H,2-6,11-12H2,1H3,(H,19,22)(H,23,24)/t16-/m1/s1. The number of phenols is 1. The lowest BCUT2D eigenvalue weighted by Gasteiger charge is -2.14. The van der Waals surface area contributed by atoms with Gasteiger partial charge in [0.15, 0.2) is 0 Å². The number of aromatic hydroxyl groups is 1. The van der Waals surface area contributed by atoms with Gasteiger partial charge in [0.25, 0.3) is 0 Å². The summed E-state index contributed by atoms with van der Waals surface area (Å²) < 4.78 is 0. The number of phenolic OH excluding ortho intramolecular Hbond substituents is 1. The van der Waals surface area contributed by atoms with Crippen molar-refractivity contribution >= 4 is 17.7 Å². The SMILES string of the molecule is CCCCCCC(=O)CC(=O)N[C@H](Cc1ccc(O)cc1)C(=O)O. The molecule has 0 fully saturated rings. The maximum atomic E-state index is 11.9. The first-order chi connectivity index (χ1) is 11.4. The highest BCUT2D eigenvalue weighted by Gasteiger charge is 2.21. The number of hydrogen-bond acceptors (Lipinski definition) is 4. The number of ketones is 1. The van der Waals surface area contributed by atoms with E-state index in [9.17, 15) is 24.6 Å². The number of amides is 1. The molecule has 0 unspecified atom stereocenters. The summed E-state index contributed by atoms with van der Waals surface area (Å²) in [5.41, 5.74) is 0.673. The fraction of sp³-hybridized carbons (Fsp3) is 0.500. The number of nitrogens with one attached hydrogen (secondary N) is 1. The van der Waals surface area contributed by atoms with Crippen LogP contribution in [0.4, 0.5) is 0 Å². The molecule has 6 heteroatoms. The van der Waals surface area contributed by atoms with Gasteiger partial charge < -0.3 is 15.5 Å². The topological polar surface area (TPSA) is 104 Å². The molecule has 1 amide bonds. The highest BCUT2D eigenvalue weighted by Crippen LogP contribution is 2.11. The maximum absolute atomic E-state index is 11.9. The molecule has 3 N–H and O–H groups in total. The third kappa shape index (κ3) is 7.76. The molecule has 132 valence electrons. The van der Waals surface area contributed by atoms with Gasteiger partial charge in [-0.15, -0.1) is 0 Å². The number of carbonyl (C=O) groups excluding carboxylic acids is 2. The highest BCUT2D eigenvalue weighted by molar-refractivity contribution is 5.99. The van der Waals surface area contributed by atoms with Crippen molar-refractivity contribution in [3.05, 3.63) is 29.8 Å². The molecule has 24 heavy (non-hydrogen) atoms. The van der Waals surface area contributed by atoms with Crippen LogP contribution in [0.25, 0.3) is 0 Å². The lowest BCUT2D eigenvalue weighted by Crippen LogP contribution is -2.42. The molecule has 6 nitrogen and oxygen atoms in total. The molecule has 0 heterocycles. The first-order valence-electron chi connectivity index (χ1n) is 8.24. The quantitative estimate of drug-likeness (QED) is 0.426. The van der Waals surface area contributed by atoms with Gasteiger partial charge >= 0.3 is 5.97 Å². The largest absolute Gasteiger partial charge is 0.508 e. The van der Waals surface area contributed by atoms with Crippen LogP contribution >= 0.6 is 0 Å². The first-order valence-corrected chi connectivity index (χ1v) is 8.24. The molecule has 1 aromatic carbocycles. The average Bonchev–Trinajstić information content (AvgIpc) is 2.53. The van der Waals surface area contributed by atoms with E-state index in [0.717, 1.165) is 25.7 Å². The van der Waals surface area contributed by atoms with Crippen molar-refractivity contribution in [1.82, 2.24) is 5.32 Å². The van der Waals surface area contributed by atoms with Crippen LogP contribution in [0, 0.1) is 0 Å². The van der Waals surface area contributed by atoms with Crippen molar-refractivity contribution in [3.63, 3.8) is 0 Å². The fourth-order valence-corrected chi connectivity index (χ4v) is 2.33. The van der Waals surface area contributed by atoms with Gasteiger partial charge in [-0.2, -0.15) is 0 Å². The molecule has 0 aliphatic rings. The van der Waals surface area contributed by atoms with Crippen molar-refractivity contribution in [1.29, 1.82) is 0 Å². The van der Waals surface area contributed by atoms with E-state index >= 15 is 0 Å². The number of carbonyl (C=O) groups is 3. The van der Waals surface area contributed by atoms with E-state index in [4.69, 9.17) is 0 Å². The minimum absolute atomic E-state index is 0.0864. The summed E-state index contributed by atoms with van der Waals surface area (Å²) in [5.74, 6) is -1.81. The van der Waals surface area contributed by atoms with E-state index < -0.39 is 17.9 Å². The second-order valence-corrected chi connectivity index (χ2v) is 5.86. The third-order valence-electron chi connectivity index (χ3n) is 3.68. The van der Waals surface area contributed by atoms with Crippen molar-refractivity contribution in [2.75, 3.05) is 0 Å². The van der Waals surface area contributed by atoms with Crippen molar-refractivity contribution < 1.29 is 24.6 Å². The fourth-order valence-electron chi connectivity index (χ4n) is 2.33. The number of unbranched alkanes of at least 4 members (excludes halogenated alkanes) is 3. The van der Waals surface area contributed by atoms with Crippen molar-refractivity contribution in [2.45, 2.75) is 57.9 Å². The molecule has 0 radical (unpaired) electrons. The molecule has 0 aliphatic heterocycles. The zero-order valence-electron chi connectivity index (χ0n) is 14.0. The minimum atomic E-state index is -1.16. The number of Topliss-reactive ketones (excluding diaryl/α,β-unsaturated/α-hetero) is 1. The Hall–Kier alpha value is -2.37. The third-order valence-corrected chi connectivity index (χ3v) is 3.68. The minimum Gasteiger partial charge on any atom is -0.508 e. The summed E-state index contributed by atoms with van der Waals surface area (Å²) in [6.07, 6.45) is 4.01. The zero-order chi connectivity index (χ0) is 17.9. The Kier molecular flexibility index (Phi) is 8.54. The van der Waals surface area contributed by atoms with Crippen molar-refractivity contribution in [2.24, 2.45) is 0 Å². The van der Waals surface area contributed by atoms with E-state index in [0.29, 0.717) is 12.0 Å². The predicted octanol–water partition coefficient (Wildman–Crippen LogP) is 2.43. The van der Waals surface area contributed by atoms with Gasteiger partial charge in [-0.25, -0.2) is 4.79 Å². The lowest BCUT2D eigenvalue weighted by molar-refractivity contribution is -0.142. The van der Waals surface area contributed by atoms with E-state index in [1.165, 1.54) is 12.1 Å². The number of benzene rings is 1. The van der Waals surface area contributed by atoms with Gasteiger partial charge in [0.05, 0.1) is 6.42 Å². The molecule has 1 rings (SSSR count). The highest BCUT2D eigenvalue weighted by atomic mass is 16.4. The number of aliphatic carboxylic acids is 1. The Morgan fingerprint density at radius 3 is 2.33 bits per heavy atom. The van der Waals surface area contributed by atoms with Gasteiger partial charge in [-0.05, 0) is 24.1 Å². The Morgan fingerprint density at radius 2 is 1.75 bits per heavy atom. The molecular weight excluding hydrogens is 310 g/mol. The smallest absolute Gasteiger partial charge is 0.326 e. The Balaban J connectivity index is 2.46. The van der Waals surface area contributed by atoms with E-state index in [1.54, 1.807) is 12.1 Å². The number of carboxylic acids is 1. The van der Waals surface area contributed by atoms with Gasteiger partial charge in [0.2, 0.25) is 5.91 Å². The number of rotatable bonds is 11. The van der Waals surface area contributed by atoms with Crippen LogP contribution < -0.4 is 5.32 Å². The van der Waals surface area contributed by atoms with Gasteiger partial charge in [-0.1, -0.05) is 38.3 Å². The van der Waals surface area contributed by atoms with Crippen LogP contribution in [0.1, 0.15) is 51.0 Å². The monoisotopic (exact) mass is 335 g/mol. The molecule has 0 spiro atoms. The molecular formula is C18H25NO5. The Bertz CT molecular complexity index is 553. The molecule has 0 bridgehead atoms. The number of carboxylic acid groups (broad SMARTS) is 1. The second-order valence-electron chi connectivity index (χ2n) is 5.86. The van der Waals surface area contributed by atoms with Crippen LogP contribution in [-0.4, -0.2) is 33.9 Å². The first kappa shape index (κ1) is 19.7. The summed E-state index contributed by atoms with van der Waals surface area (Å²) in [7, 11) is 0. The molecule has 0 aromatic heterocycles. The van der Waals surface area contributed by atoms with E-state index in [1.807, 2.05) is 0 Å². The average molecular weight is 335 g/mol. The molecule has 1 atom stereocenters. The van der Waals surface area contributed by atoms with Gasteiger partial charge in [0.1, 0.15) is 17.6 Å². The normalized spacial score (nSPS) is 11.7. The zero-order valence-corrected chi connectivity index (χ0v) is 14.0. The summed E-state index contributed by atoms with van der Waals surface area (Å²) in [4.78, 5) is 34.9. The molecule has 1 aromatic rings. The number of hydrogen-bond donors (Lipinski definition) is 3. The Morgan fingerprint density at radius 1 is 1.08 bits per heavy atom. The van der Waals surface area contributed by atoms with Crippen LogP contribution in [-0.2, 0) is 20.8 Å². The van der Waals surface area contributed by atoms with Crippen LogP contribution in [0.2, 0.25) is 0 Å². The summed E-state index contributed by atoms with van der Waals surface area (Å²) >= 11 is 0. The lowest BCUT2D eigenvalue weighted by atomic mass is 10.0. The van der Waals surface area contributed by atoms with Crippen molar-refractivity contribution in [3.8, 4) is 5.75 Å². The van der Waals surface area contributed by atoms with Crippen LogP contribution in [0.15, 0.2) is 24.3 Å². The predicted molar refractivity (Wildman–Crippen MR) is 89.8 cm³/mol. The van der Waals surface area contributed by atoms with Gasteiger partial charge in [0, 0.05) is 12.8 Å². The summed E-state index contributed by atoms with van der Waals surface area (Å²) in [6, 6.07) is 4.99. The van der Waals surface area contributed by atoms with Crippen LogP contribution in [0.3, 0.4) is 0 Å². The summed E-state index contributed by atoms with van der Waals surface area (Å²) in [6.45, 7) is 2.08. The molecule has 0 aliphatic carbocycles. The summed E-state index contributed by atoms with van der Waals surface area (Å²) in [5, 5.41) is 20.8. The van der Waals surface area contributed by atoms with E-state index in [-0.39, 0.29) is 24.4 Å². The van der Waals surface area contributed by atoms with E-state index in [2.05, 4.69) is 12.2 Å². The molecule has 0 saturated heterocycles. The molecule has 0 saturated carbocycles. The van der Waals surface area contributed by atoms with Gasteiger partial charge in [-0.3, -0.25) is 9.59 Å². The second kappa shape index (κ2) is 10.4.